The van der Waals surface area contributed by atoms with Crippen LogP contribution in [0.4, 0.5) is 0 Å². The number of carbonyl (C=O) groups excluding carboxylic acids is 4. The molecule has 3 N–H and O–H groups in total. The van der Waals surface area contributed by atoms with Crippen LogP contribution in [0, 0.1) is 0 Å². The third-order valence-electron chi connectivity index (χ3n) is 5.36. The molecule has 3 rings (SSSR count). The number of β-lactam (4-membered cyclic amide) rings is 1. The average Bonchev–Trinajstić information content (AvgIpc) is 2.81. The second-order valence-electron chi connectivity index (χ2n) is 7.38. The number of ketones is 1. The summed E-state index contributed by atoms with van der Waals surface area (Å²) in [5.74, 6) is -3.61. The Labute approximate surface area is 194 Å². The molecule has 33 heavy (non-hydrogen) atoms. The zero-order valence-electron chi connectivity index (χ0n) is 17.9. The van der Waals surface area contributed by atoms with Crippen molar-refractivity contribution in [3.05, 3.63) is 59.5 Å². The number of nitrogens with one attached hydrogen (secondary N) is 2. The van der Waals surface area contributed by atoms with Crippen LogP contribution >= 0.6 is 11.8 Å². The van der Waals surface area contributed by atoms with Crippen molar-refractivity contribution in [2.75, 3.05) is 7.11 Å². The van der Waals surface area contributed by atoms with E-state index in [4.69, 9.17) is 4.74 Å². The van der Waals surface area contributed by atoms with Crippen LogP contribution in [0.5, 0.6) is 0 Å². The number of Topliss-reactive ketones (excluding diaryl/α,β-unsaturated/α-hetero) is 1. The number of fused-ring (bicyclic) bond motifs is 1. The number of thioether (sulfide) groups is 1. The minimum Gasteiger partial charge on any atom is -0.479 e. The number of hydrogen-bond donors (Lipinski definition) is 3. The average molecular weight is 474 g/mol. The van der Waals surface area contributed by atoms with Gasteiger partial charge in [0.1, 0.15) is 23.5 Å². The van der Waals surface area contributed by atoms with Crippen molar-refractivity contribution in [2.24, 2.45) is 0 Å². The van der Waals surface area contributed by atoms with Gasteiger partial charge < -0.3 is 20.1 Å². The molecule has 0 saturated carbocycles. The first-order valence-electron chi connectivity index (χ1n) is 9.94. The molecular weight excluding hydrogens is 450 g/mol. The monoisotopic (exact) mass is 473 g/mol. The number of benzene rings is 1. The third-order valence-corrected chi connectivity index (χ3v) is 6.53. The molecular formula is C22H23N3O7S. The molecule has 2 amide bonds. The van der Waals surface area contributed by atoms with Crippen LogP contribution in [0.2, 0.25) is 0 Å². The zero-order chi connectivity index (χ0) is 24.3. The molecule has 1 aromatic rings. The lowest BCUT2D eigenvalue weighted by Crippen LogP contribution is -2.74. The number of amides is 2. The van der Waals surface area contributed by atoms with E-state index in [2.05, 4.69) is 17.2 Å². The number of aliphatic carboxylic acids is 1. The van der Waals surface area contributed by atoms with Crippen LogP contribution in [-0.2, 0) is 28.7 Å². The molecule has 0 aliphatic carbocycles. The SMILES string of the molecule is C=CC(NC(C(=O)NC1C(=O)N2C(C(=O)O)C(C(C)=O)=CS[C@H]12)c1ccccc1)C(=O)OC. The normalized spacial score (nSPS) is 23.2. The molecule has 2 heterocycles. The highest BCUT2D eigenvalue weighted by Gasteiger charge is 2.56. The summed E-state index contributed by atoms with van der Waals surface area (Å²) in [6, 6.07) is 4.16. The first-order valence-corrected chi connectivity index (χ1v) is 10.9. The minimum atomic E-state index is -1.40. The second kappa shape index (κ2) is 10.0. The second-order valence-corrected chi connectivity index (χ2v) is 8.37. The standard InChI is InChI=1S/C22H23N3O7S/c1-4-14(22(31)32-3)23-15(12-8-6-5-7-9-12)18(27)24-16-19(28)25-17(21(29)30)13(11(2)26)10-33-20(16)25/h4-10,14-17,20,23H,1H2,2-3H3,(H,24,27)(H,29,30)/t14?,15?,16?,17?,20-/m1/s1. The van der Waals surface area contributed by atoms with Crippen molar-refractivity contribution >= 4 is 41.3 Å². The van der Waals surface area contributed by atoms with Crippen molar-refractivity contribution in [3.8, 4) is 0 Å². The smallest absolute Gasteiger partial charge is 0.331 e. The van der Waals surface area contributed by atoms with Crippen LogP contribution in [0.1, 0.15) is 18.5 Å². The van der Waals surface area contributed by atoms with Gasteiger partial charge in [0.25, 0.3) is 0 Å². The number of esters is 1. The van der Waals surface area contributed by atoms with Gasteiger partial charge in [-0.3, -0.25) is 24.5 Å². The summed E-state index contributed by atoms with van der Waals surface area (Å²) in [5.41, 5.74) is 0.547. The molecule has 1 aromatic carbocycles. The van der Waals surface area contributed by atoms with Gasteiger partial charge in [-0.1, -0.05) is 36.4 Å². The molecule has 2 aliphatic rings. The van der Waals surface area contributed by atoms with Gasteiger partial charge in [-0.15, -0.1) is 18.3 Å². The number of methoxy groups -OCH3 is 1. The molecule has 0 bridgehead atoms. The molecule has 2 aliphatic heterocycles. The number of carboxylic acids is 1. The maximum absolute atomic E-state index is 13.2. The first kappa shape index (κ1) is 24.2. The van der Waals surface area contributed by atoms with Gasteiger partial charge in [0, 0.05) is 5.57 Å². The number of carboxylic acid groups (broad SMARTS) is 1. The summed E-state index contributed by atoms with van der Waals surface area (Å²) < 4.78 is 4.73. The lowest BCUT2D eigenvalue weighted by atomic mass is 9.95. The van der Waals surface area contributed by atoms with E-state index in [-0.39, 0.29) is 5.57 Å². The highest BCUT2D eigenvalue weighted by Crippen LogP contribution is 2.40. The Morgan fingerprint density at radius 1 is 1.24 bits per heavy atom. The van der Waals surface area contributed by atoms with Gasteiger partial charge in [0.2, 0.25) is 11.8 Å². The lowest BCUT2D eigenvalue weighted by Gasteiger charge is -2.51. The fourth-order valence-corrected chi connectivity index (χ4v) is 4.95. The number of hydrogen-bond acceptors (Lipinski definition) is 8. The Bertz CT molecular complexity index is 1030. The maximum atomic E-state index is 13.2. The van der Waals surface area contributed by atoms with Gasteiger partial charge >= 0.3 is 11.9 Å². The van der Waals surface area contributed by atoms with Crippen molar-refractivity contribution in [1.29, 1.82) is 0 Å². The Morgan fingerprint density at radius 3 is 2.45 bits per heavy atom. The number of rotatable bonds is 9. The summed E-state index contributed by atoms with van der Waals surface area (Å²) >= 11 is 1.09. The number of ether oxygens (including phenoxy) is 1. The summed E-state index contributed by atoms with van der Waals surface area (Å²) in [5, 5.41) is 15.8. The largest absolute Gasteiger partial charge is 0.479 e. The van der Waals surface area contributed by atoms with E-state index in [1.54, 1.807) is 30.3 Å². The van der Waals surface area contributed by atoms with E-state index < -0.39 is 59.1 Å². The summed E-state index contributed by atoms with van der Waals surface area (Å²) in [6.07, 6.45) is 1.30. The van der Waals surface area contributed by atoms with Crippen molar-refractivity contribution < 1.29 is 33.8 Å². The molecule has 11 heteroatoms. The van der Waals surface area contributed by atoms with Gasteiger partial charge in [-0.2, -0.15) is 0 Å². The molecule has 0 aromatic heterocycles. The van der Waals surface area contributed by atoms with Crippen LogP contribution < -0.4 is 10.6 Å². The lowest BCUT2D eigenvalue weighted by molar-refractivity contribution is -0.160. The molecule has 5 atom stereocenters. The first-order chi connectivity index (χ1) is 15.7. The number of carbonyl (C=O) groups is 5. The summed E-state index contributed by atoms with van der Waals surface area (Å²) in [7, 11) is 1.21. The molecule has 1 fully saturated rings. The van der Waals surface area contributed by atoms with Gasteiger partial charge in [-0.05, 0) is 17.9 Å². The highest BCUT2D eigenvalue weighted by molar-refractivity contribution is 8.03. The highest BCUT2D eigenvalue weighted by atomic mass is 32.2. The van der Waals surface area contributed by atoms with Crippen molar-refractivity contribution in [2.45, 2.75) is 36.5 Å². The molecule has 174 valence electrons. The van der Waals surface area contributed by atoms with Crippen LogP contribution in [0.25, 0.3) is 0 Å². The van der Waals surface area contributed by atoms with E-state index in [0.29, 0.717) is 5.56 Å². The van der Waals surface area contributed by atoms with E-state index in [0.717, 1.165) is 16.7 Å². The Morgan fingerprint density at radius 2 is 1.91 bits per heavy atom. The van der Waals surface area contributed by atoms with Crippen LogP contribution in [0.3, 0.4) is 0 Å². The molecule has 0 radical (unpaired) electrons. The molecule has 1 saturated heterocycles. The van der Waals surface area contributed by atoms with Gasteiger partial charge in [0.15, 0.2) is 11.8 Å². The fourth-order valence-electron chi connectivity index (χ4n) is 3.67. The van der Waals surface area contributed by atoms with E-state index in [1.165, 1.54) is 25.5 Å². The van der Waals surface area contributed by atoms with Crippen molar-refractivity contribution in [3.63, 3.8) is 0 Å². The minimum absolute atomic E-state index is 0.0117. The fraction of sp³-hybridized carbons (Fsp3) is 0.318. The summed E-state index contributed by atoms with van der Waals surface area (Å²) in [4.78, 5) is 62.6. The molecule has 0 spiro atoms. The van der Waals surface area contributed by atoms with E-state index >= 15 is 0 Å². The summed E-state index contributed by atoms with van der Waals surface area (Å²) in [6.45, 7) is 4.82. The number of nitrogens with zero attached hydrogens (tertiary/aromatic N) is 1. The maximum Gasteiger partial charge on any atom is 0.331 e. The Balaban J connectivity index is 1.82. The zero-order valence-corrected chi connectivity index (χ0v) is 18.7. The predicted molar refractivity (Wildman–Crippen MR) is 119 cm³/mol. The predicted octanol–water partition coefficient (Wildman–Crippen LogP) is 0.371. The Hall–Kier alpha value is -3.44. The van der Waals surface area contributed by atoms with Gasteiger partial charge in [0.05, 0.1) is 7.11 Å². The topological polar surface area (TPSA) is 142 Å². The Kier molecular flexibility index (Phi) is 7.34. The van der Waals surface area contributed by atoms with Gasteiger partial charge in [-0.25, -0.2) is 4.79 Å². The van der Waals surface area contributed by atoms with E-state index in [9.17, 15) is 29.1 Å². The van der Waals surface area contributed by atoms with E-state index in [1.807, 2.05) is 0 Å². The molecule has 4 unspecified atom stereocenters. The van der Waals surface area contributed by atoms with Crippen LogP contribution in [-0.4, -0.2) is 70.2 Å². The molecule has 10 nitrogen and oxygen atoms in total. The van der Waals surface area contributed by atoms with Crippen molar-refractivity contribution in [1.82, 2.24) is 15.5 Å². The quantitative estimate of drug-likeness (QED) is 0.263. The third kappa shape index (κ3) is 4.69. The van der Waals surface area contributed by atoms with Crippen LogP contribution in [0.15, 0.2) is 54.0 Å².